The second kappa shape index (κ2) is 9.49. The van der Waals surface area contributed by atoms with Crippen LogP contribution in [0.4, 0.5) is 0 Å². The van der Waals surface area contributed by atoms with Gasteiger partial charge in [0.2, 0.25) is 0 Å². The summed E-state index contributed by atoms with van der Waals surface area (Å²) in [5, 5.41) is 6.47. The fraction of sp³-hybridized carbons (Fsp3) is 0.417. The van der Waals surface area contributed by atoms with Gasteiger partial charge in [0.1, 0.15) is 11.5 Å². The zero-order valence-corrected chi connectivity index (χ0v) is 18.3. The van der Waals surface area contributed by atoms with E-state index in [1.54, 1.807) is 19.2 Å². The van der Waals surface area contributed by atoms with Crippen molar-refractivity contribution in [3.05, 3.63) is 59.2 Å². The first kappa shape index (κ1) is 21.3. The number of hydrogen-bond acceptors (Lipinski definition) is 6. The molecule has 2 aromatic rings. The lowest BCUT2D eigenvalue weighted by Crippen LogP contribution is -2.43. The number of carbonyl (C=O) groups excluding carboxylic acids is 1. The molecule has 164 valence electrons. The van der Waals surface area contributed by atoms with Crippen molar-refractivity contribution in [2.75, 3.05) is 47.1 Å². The van der Waals surface area contributed by atoms with Crippen LogP contribution in [0.25, 0.3) is 0 Å². The molecule has 2 aliphatic rings. The molecule has 1 fully saturated rings. The normalized spacial score (nSPS) is 19.3. The van der Waals surface area contributed by atoms with E-state index >= 15 is 0 Å². The maximum Gasteiger partial charge on any atom is 0.257 e. The van der Waals surface area contributed by atoms with Crippen LogP contribution in [-0.4, -0.2) is 68.6 Å². The van der Waals surface area contributed by atoms with Gasteiger partial charge in [-0.25, -0.2) is 5.01 Å². The molecule has 31 heavy (non-hydrogen) atoms. The number of hydrazone groups is 1. The first-order valence-corrected chi connectivity index (χ1v) is 10.6. The Hall–Kier alpha value is -2.90. The van der Waals surface area contributed by atoms with Crippen LogP contribution >= 0.6 is 0 Å². The summed E-state index contributed by atoms with van der Waals surface area (Å²) in [4.78, 5) is 15.5. The van der Waals surface area contributed by atoms with Crippen LogP contribution in [0.1, 0.15) is 29.2 Å². The predicted molar refractivity (Wildman–Crippen MR) is 119 cm³/mol. The Morgan fingerprint density at radius 3 is 2.61 bits per heavy atom. The lowest BCUT2D eigenvalue weighted by Gasteiger charge is -2.29. The molecule has 4 rings (SSSR count). The van der Waals surface area contributed by atoms with Gasteiger partial charge in [-0.2, -0.15) is 5.10 Å². The molecule has 1 amide bonds. The van der Waals surface area contributed by atoms with Gasteiger partial charge in [0.15, 0.2) is 0 Å². The topological polar surface area (TPSA) is 63.6 Å². The Morgan fingerprint density at radius 1 is 1.13 bits per heavy atom. The van der Waals surface area contributed by atoms with Crippen molar-refractivity contribution in [2.45, 2.75) is 19.4 Å². The van der Waals surface area contributed by atoms with Crippen LogP contribution in [0, 0.1) is 6.92 Å². The third-order valence-corrected chi connectivity index (χ3v) is 5.90. The quantitative estimate of drug-likeness (QED) is 0.715. The fourth-order valence-corrected chi connectivity index (χ4v) is 4.17. The maximum atomic E-state index is 13.3. The van der Waals surface area contributed by atoms with Crippen LogP contribution < -0.4 is 9.47 Å². The molecule has 2 heterocycles. The molecule has 0 unspecified atom stereocenters. The van der Waals surface area contributed by atoms with Crippen molar-refractivity contribution in [3.8, 4) is 11.5 Å². The monoisotopic (exact) mass is 423 g/mol. The summed E-state index contributed by atoms with van der Waals surface area (Å²) in [7, 11) is 3.26. The molecule has 0 aliphatic carbocycles. The molecule has 2 aliphatic heterocycles. The average molecular weight is 424 g/mol. The van der Waals surface area contributed by atoms with Crippen molar-refractivity contribution in [3.63, 3.8) is 0 Å². The summed E-state index contributed by atoms with van der Waals surface area (Å²) in [5.41, 5.74) is 3.98. The number of methoxy groups -OCH3 is 2. The number of benzene rings is 2. The van der Waals surface area contributed by atoms with Crippen molar-refractivity contribution >= 4 is 11.6 Å². The zero-order valence-electron chi connectivity index (χ0n) is 18.3. The van der Waals surface area contributed by atoms with E-state index in [0.29, 0.717) is 31.9 Å². The van der Waals surface area contributed by atoms with Gasteiger partial charge < -0.3 is 14.2 Å². The lowest BCUT2D eigenvalue weighted by molar-refractivity contribution is -0.135. The van der Waals surface area contributed by atoms with Crippen LogP contribution in [0.3, 0.4) is 0 Å². The zero-order chi connectivity index (χ0) is 21.8. The summed E-state index contributed by atoms with van der Waals surface area (Å²) in [5.74, 6) is 1.40. The number of morpholine rings is 1. The first-order valence-electron chi connectivity index (χ1n) is 10.6. The summed E-state index contributed by atoms with van der Waals surface area (Å²) in [6, 6.07) is 13.7. The van der Waals surface area contributed by atoms with Crippen molar-refractivity contribution in [2.24, 2.45) is 5.10 Å². The third kappa shape index (κ3) is 4.57. The minimum atomic E-state index is -0.142. The van der Waals surface area contributed by atoms with Crippen LogP contribution in [0.5, 0.6) is 11.5 Å². The molecular formula is C24H29N3O4. The van der Waals surface area contributed by atoms with Gasteiger partial charge in [0.05, 0.1) is 45.7 Å². The Balaban J connectivity index is 1.66. The van der Waals surface area contributed by atoms with E-state index in [0.717, 1.165) is 41.2 Å². The minimum absolute atomic E-state index is 0.00219. The molecular weight excluding hydrogens is 394 g/mol. The van der Waals surface area contributed by atoms with Gasteiger partial charge in [0.25, 0.3) is 5.91 Å². The lowest BCUT2D eigenvalue weighted by atomic mass is 9.95. The molecule has 0 saturated carbocycles. The van der Waals surface area contributed by atoms with E-state index in [2.05, 4.69) is 24.0 Å². The second-order valence-corrected chi connectivity index (χ2v) is 7.82. The maximum absolute atomic E-state index is 13.3. The second-order valence-electron chi connectivity index (χ2n) is 7.82. The Labute approximate surface area is 183 Å². The largest absolute Gasteiger partial charge is 0.497 e. The molecule has 7 heteroatoms. The van der Waals surface area contributed by atoms with Gasteiger partial charge in [-0.1, -0.05) is 24.3 Å². The van der Waals surface area contributed by atoms with Gasteiger partial charge in [0, 0.05) is 31.1 Å². The number of carbonyl (C=O) groups is 1. The number of ether oxygens (including phenoxy) is 3. The van der Waals surface area contributed by atoms with Crippen molar-refractivity contribution in [1.29, 1.82) is 0 Å². The van der Waals surface area contributed by atoms with E-state index in [-0.39, 0.29) is 11.9 Å². The van der Waals surface area contributed by atoms with Crippen LogP contribution in [-0.2, 0) is 9.53 Å². The number of amides is 1. The molecule has 0 bridgehead atoms. The van der Waals surface area contributed by atoms with E-state index in [9.17, 15) is 4.79 Å². The van der Waals surface area contributed by atoms with E-state index < -0.39 is 0 Å². The molecule has 1 saturated heterocycles. The SMILES string of the molecule is COc1ccc(C2=NN(C(=O)CN3CCOCC3)[C@@H](c3ccccc3C)C2)c(OC)c1. The van der Waals surface area contributed by atoms with E-state index in [4.69, 9.17) is 19.3 Å². The number of hydrogen-bond donors (Lipinski definition) is 0. The summed E-state index contributed by atoms with van der Waals surface area (Å²) >= 11 is 0. The Kier molecular flexibility index (Phi) is 6.53. The molecule has 2 aromatic carbocycles. The average Bonchev–Trinajstić information content (AvgIpc) is 3.24. The van der Waals surface area contributed by atoms with E-state index in [1.807, 2.05) is 30.3 Å². The fourth-order valence-electron chi connectivity index (χ4n) is 4.17. The molecule has 0 aromatic heterocycles. The first-order chi connectivity index (χ1) is 15.1. The number of rotatable bonds is 6. The summed E-state index contributed by atoms with van der Waals surface area (Å²) < 4.78 is 16.3. The Bertz CT molecular complexity index is 969. The summed E-state index contributed by atoms with van der Waals surface area (Å²) in [6.45, 7) is 5.25. The van der Waals surface area contributed by atoms with Crippen LogP contribution in [0.2, 0.25) is 0 Å². The van der Waals surface area contributed by atoms with Gasteiger partial charge in [-0.15, -0.1) is 0 Å². The summed E-state index contributed by atoms with van der Waals surface area (Å²) in [6.07, 6.45) is 0.627. The molecule has 0 N–H and O–H groups in total. The minimum Gasteiger partial charge on any atom is -0.497 e. The van der Waals surface area contributed by atoms with Gasteiger partial charge in [-0.05, 0) is 30.2 Å². The number of nitrogens with zero attached hydrogens (tertiary/aromatic N) is 3. The van der Waals surface area contributed by atoms with Crippen molar-refractivity contribution in [1.82, 2.24) is 9.91 Å². The molecule has 1 atom stereocenters. The van der Waals surface area contributed by atoms with Crippen LogP contribution in [0.15, 0.2) is 47.6 Å². The van der Waals surface area contributed by atoms with E-state index in [1.165, 1.54) is 0 Å². The standard InChI is InChI=1S/C24H29N3O4/c1-17-6-4-5-7-19(17)22-15-21(20-9-8-18(29-2)14-23(20)30-3)25-27(22)24(28)16-26-10-12-31-13-11-26/h4-9,14,22H,10-13,15-16H2,1-3H3/t22-/m1/s1. The molecule has 0 spiro atoms. The predicted octanol–water partition coefficient (Wildman–Crippen LogP) is 3.02. The molecule has 7 nitrogen and oxygen atoms in total. The highest BCUT2D eigenvalue weighted by Crippen LogP contribution is 2.37. The highest BCUT2D eigenvalue weighted by molar-refractivity contribution is 6.05. The smallest absolute Gasteiger partial charge is 0.257 e. The van der Waals surface area contributed by atoms with Gasteiger partial charge >= 0.3 is 0 Å². The highest BCUT2D eigenvalue weighted by Gasteiger charge is 2.35. The third-order valence-electron chi connectivity index (χ3n) is 5.90. The molecule has 0 radical (unpaired) electrons. The van der Waals surface area contributed by atoms with Crippen molar-refractivity contribution < 1.29 is 19.0 Å². The number of aryl methyl sites for hydroxylation is 1. The van der Waals surface area contributed by atoms with Gasteiger partial charge in [-0.3, -0.25) is 9.69 Å². The Morgan fingerprint density at radius 2 is 1.90 bits per heavy atom. The highest BCUT2D eigenvalue weighted by atomic mass is 16.5.